The molecule has 0 aliphatic carbocycles. The number of sulfonamides is 1. The Morgan fingerprint density at radius 3 is 2.56 bits per heavy atom. The van der Waals surface area contributed by atoms with Crippen LogP contribution in [0.5, 0.6) is 0 Å². The lowest BCUT2D eigenvalue weighted by Crippen LogP contribution is -2.44. The van der Waals surface area contributed by atoms with Gasteiger partial charge in [-0.2, -0.15) is 4.31 Å². The molecule has 1 aliphatic rings. The minimum atomic E-state index is -4.01. The number of rotatable bonds is 7. The zero-order chi connectivity index (χ0) is 25.2. The number of benzene rings is 1. The zero-order valence-corrected chi connectivity index (χ0v) is 21.5. The van der Waals surface area contributed by atoms with E-state index in [0.717, 1.165) is 11.3 Å². The molecule has 1 amide bonds. The predicted molar refractivity (Wildman–Crippen MR) is 132 cm³/mol. The molecule has 2 heterocycles. The highest BCUT2D eigenvalue weighted by atomic mass is 32.2. The molecule has 34 heavy (non-hydrogen) atoms. The fraction of sp³-hybridized carbons (Fsp3) is 0.500. The number of hydrogen-bond donors (Lipinski definition) is 2. The van der Waals surface area contributed by atoms with Crippen LogP contribution in [0.25, 0.3) is 0 Å². The van der Waals surface area contributed by atoms with Crippen LogP contribution in [0.3, 0.4) is 0 Å². The molecule has 2 aromatic rings. The van der Waals surface area contributed by atoms with Crippen molar-refractivity contribution in [1.29, 1.82) is 0 Å². The second-order valence-electron chi connectivity index (χ2n) is 8.89. The van der Waals surface area contributed by atoms with Crippen molar-refractivity contribution >= 4 is 33.3 Å². The molecule has 3 rings (SSSR count). The number of aryl methyl sites for hydroxylation is 3. The molecule has 0 saturated carbocycles. The largest absolute Gasteiger partial charge is 0.462 e. The lowest BCUT2D eigenvalue weighted by atomic mass is 9.98. The normalized spacial score (nSPS) is 16.8. The highest BCUT2D eigenvalue weighted by Crippen LogP contribution is 2.31. The summed E-state index contributed by atoms with van der Waals surface area (Å²) in [7, 11) is -0.139. The van der Waals surface area contributed by atoms with Crippen molar-refractivity contribution in [3.8, 4) is 0 Å². The molecule has 1 aromatic heterocycles. The summed E-state index contributed by atoms with van der Waals surface area (Å²) in [6.07, 6.45) is 1.13. The third-order valence-corrected chi connectivity index (χ3v) is 8.15. The van der Waals surface area contributed by atoms with E-state index in [1.165, 1.54) is 4.31 Å². The third kappa shape index (κ3) is 5.12. The number of esters is 1. The Morgan fingerprint density at radius 1 is 1.21 bits per heavy atom. The zero-order valence-electron chi connectivity index (χ0n) is 20.7. The monoisotopic (exact) mass is 490 g/mol. The summed E-state index contributed by atoms with van der Waals surface area (Å²) in [4.78, 5) is 30.4. The molecule has 1 saturated heterocycles. The molecule has 10 heteroatoms. The number of ether oxygens (including phenoxy) is 1. The van der Waals surface area contributed by atoms with Crippen LogP contribution in [0.15, 0.2) is 23.1 Å². The van der Waals surface area contributed by atoms with Crippen molar-refractivity contribution in [2.45, 2.75) is 45.4 Å². The summed E-state index contributed by atoms with van der Waals surface area (Å²) >= 11 is 0. The maximum absolute atomic E-state index is 13.6. The number of aromatic nitrogens is 1. The first-order valence-corrected chi connectivity index (χ1v) is 12.9. The van der Waals surface area contributed by atoms with Crippen LogP contribution < -0.4 is 10.2 Å². The molecule has 1 aliphatic heterocycles. The molecule has 1 fully saturated rings. The number of anilines is 2. The van der Waals surface area contributed by atoms with Crippen LogP contribution in [0.2, 0.25) is 0 Å². The van der Waals surface area contributed by atoms with Gasteiger partial charge < -0.3 is 19.9 Å². The molecule has 0 unspecified atom stereocenters. The standard InChI is InChI=1S/C24H34N4O5S/c1-7-33-24(30)21-16(3)25-17(4)22(21)34(31,32)28-12-8-9-18(14-28)23(29)26-19-11-10-15(2)20(13-19)27(5)6/h10-11,13,18,25H,7-9,12,14H2,1-6H3,(H,26,29)/t18-/m1/s1. The van der Waals surface area contributed by atoms with E-state index in [4.69, 9.17) is 4.74 Å². The lowest BCUT2D eigenvalue weighted by Gasteiger charge is -2.31. The lowest BCUT2D eigenvalue weighted by molar-refractivity contribution is -0.120. The molecule has 186 valence electrons. The van der Waals surface area contributed by atoms with E-state index in [-0.39, 0.29) is 36.1 Å². The SMILES string of the molecule is CCOC(=O)c1c(C)[nH]c(C)c1S(=O)(=O)N1CCC[C@@H](C(=O)Nc2ccc(C)c(N(C)C)c2)C1. The van der Waals surface area contributed by atoms with Gasteiger partial charge in [0.25, 0.3) is 0 Å². The van der Waals surface area contributed by atoms with Gasteiger partial charge in [0, 0.05) is 49.9 Å². The summed E-state index contributed by atoms with van der Waals surface area (Å²) in [6.45, 7) is 7.41. The molecule has 9 nitrogen and oxygen atoms in total. The Morgan fingerprint density at radius 2 is 1.91 bits per heavy atom. The van der Waals surface area contributed by atoms with Gasteiger partial charge in [0.2, 0.25) is 15.9 Å². The summed E-state index contributed by atoms with van der Waals surface area (Å²) in [6, 6.07) is 5.69. The first kappa shape index (κ1) is 25.8. The molecule has 0 bridgehead atoms. The van der Waals surface area contributed by atoms with Crippen molar-refractivity contribution < 1.29 is 22.7 Å². The Kier molecular flexibility index (Phi) is 7.72. The Bertz CT molecular complexity index is 1190. The summed E-state index contributed by atoms with van der Waals surface area (Å²) in [5.74, 6) is -1.40. The van der Waals surface area contributed by atoms with E-state index < -0.39 is 21.9 Å². The van der Waals surface area contributed by atoms with Crippen molar-refractivity contribution in [1.82, 2.24) is 9.29 Å². The highest BCUT2D eigenvalue weighted by Gasteiger charge is 2.38. The van der Waals surface area contributed by atoms with Gasteiger partial charge in [-0.3, -0.25) is 4.79 Å². The van der Waals surface area contributed by atoms with Crippen LogP contribution in [-0.4, -0.2) is 63.4 Å². The summed E-state index contributed by atoms with van der Waals surface area (Å²) in [5, 5.41) is 2.94. The van der Waals surface area contributed by atoms with Crippen LogP contribution >= 0.6 is 0 Å². The third-order valence-electron chi connectivity index (χ3n) is 6.11. The van der Waals surface area contributed by atoms with Gasteiger partial charge in [-0.25, -0.2) is 13.2 Å². The molecule has 1 atom stereocenters. The highest BCUT2D eigenvalue weighted by molar-refractivity contribution is 7.89. The number of aromatic amines is 1. The number of nitrogens with one attached hydrogen (secondary N) is 2. The molecule has 0 radical (unpaired) electrons. The van der Waals surface area contributed by atoms with Gasteiger partial charge in [-0.15, -0.1) is 0 Å². The van der Waals surface area contributed by atoms with Crippen molar-refractivity contribution in [2.24, 2.45) is 5.92 Å². The van der Waals surface area contributed by atoms with E-state index in [1.807, 2.05) is 44.1 Å². The van der Waals surface area contributed by atoms with E-state index in [1.54, 1.807) is 20.8 Å². The first-order valence-electron chi connectivity index (χ1n) is 11.4. The van der Waals surface area contributed by atoms with Crippen molar-refractivity contribution in [3.05, 3.63) is 40.7 Å². The van der Waals surface area contributed by atoms with Crippen molar-refractivity contribution in [3.63, 3.8) is 0 Å². The molecular formula is C24H34N4O5S. The van der Waals surface area contributed by atoms with Crippen LogP contribution in [0.4, 0.5) is 11.4 Å². The molecular weight excluding hydrogens is 456 g/mol. The van der Waals surface area contributed by atoms with Gasteiger partial charge in [0.1, 0.15) is 10.5 Å². The van der Waals surface area contributed by atoms with Gasteiger partial charge in [-0.05, 0) is 58.2 Å². The number of carbonyl (C=O) groups excluding carboxylic acids is 2. The van der Waals surface area contributed by atoms with Crippen LogP contribution in [0.1, 0.15) is 47.1 Å². The van der Waals surface area contributed by atoms with Gasteiger partial charge >= 0.3 is 5.97 Å². The second kappa shape index (κ2) is 10.2. The van der Waals surface area contributed by atoms with E-state index in [0.29, 0.717) is 29.9 Å². The minimum Gasteiger partial charge on any atom is -0.462 e. The summed E-state index contributed by atoms with van der Waals surface area (Å²) < 4.78 is 33.6. The Hall–Kier alpha value is -2.85. The number of carbonyl (C=O) groups is 2. The van der Waals surface area contributed by atoms with E-state index in [2.05, 4.69) is 10.3 Å². The fourth-order valence-corrected chi connectivity index (χ4v) is 6.38. The van der Waals surface area contributed by atoms with Crippen LogP contribution in [0, 0.1) is 26.7 Å². The second-order valence-corrected chi connectivity index (χ2v) is 10.8. The Balaban J connectivity index is 1.83. The maximum atomic E-state index is 13.6. The predicted octanol–water partition coefficient (Wildman–Crippen LogP) is 3.22. The Labute approximate surface area is 201 Å². The molecule has 1 aromatic carbocycles. The van der Waals surface area contributed by atoms with Gasteiger partial charge in [-0.1, -0.05) is 6.07 Å². The number of H-pyrrole nitrogens is 1. The number of amides is 1. The molecule has 0 spiro atoms. The fourth-order valence-electron chi connectivity index (χ4n) is 4.45. The van der Waals surface area contributed by atoms with E-state index in [9.17, 15) is 18.0 Å². The smallest absolute Gasteiger partial charge is 0.341 e. The van der Waals surface area contributed by atoms with E-state index >= 15 is 0 Å². The average molecular weight is 491 g/mol. The molecule has 2 N–H and O–H groups in total. The summed E-state index contributed by atoms with van der Waals surface area (Å²) in [5.41, 5.74) is 3.60. The number of hydrogen-bond acceptors (Lipinski definition) is 6. The quantitative estimate of drug-likeness (QED) is 0.577. The van der Waals surface area contributed by atoms with Gasteiger partial charge in [0.15, 0.2) is 0 Å². The van der Waals surface area contributed by atoms with Crippen LogP contribution in [-0.2, 0) is 19.6 Å². The van der Waals surface area contributed by atoms with Crippen molar-refractivity contribution in [2.75, 3.05) is 44.0 Å². The first-order chi connectivity index (χ1) is 16.0. The maximum Gasteiger partial charge on any atom is 0.341 e. The number of nitrogens with zero attached hydrogens (tertiary/aromatic N) is 2. The number of piperidine rings is 1. The topological polar surface area (TPSA) is 112 Å². The average Bonchev–Trinajstić information content (AvgIpc) is 3.09. The van der Waals surface area contributed by atoms with Gasteiger partial charge in [0.05, 0.1) is 12.5 Å². The minimum absolute atomic E-state index is 0.0294.